The van der Waals surface area contributed by atoms with Crippen molar-refractivity contribution in [1.82, 2.24) is 5.32 Å². The highest BCUT2D eigenvalue weighted by molar-refractivity contribution is 8.00. The van der Waals surface area contributed by atoms with Crippen molar-refractivity contribution in [1.29, 1.82) is 0 Å². The zero-order valence-corrected chi connectivity index (χ0v) is 31.3. The molecule has 0 bridgehead atoms. The van der Waals surface area contributed by atoms with Gasteiger partial charge in [0.25, 0.3) is 11.8 Å². The number of esters is 1. The standard InChI is InChI=1S/C41H39N3O7S2/c1-5-35(39(47)44-40-36(41(48)51-6-2)32(25-52-40)26-14-9-7-10-15-26)53-31-19-13-18-29(23-31)42-38(46)33(43-37(45)27-16-11-8-12-17-27)22-28-20-21-30(49-3)24-34(28)50-4/h7-25,35H,5-6H2,1-4H3,(H,42,46)(H,43,45)(H,44,47)/b33-22+. The molecule has 1 aromatic heterocycles. The number of anilines is 2. The van der Waals surface area contributed by atoms with Gasteiger partial charge in [0.1, 0.15) is 27.8 Å². The lowest BCUT2D eigenvalue weighted by Crippen LogP contribution is -2.30. The molecule has 272 valence electrons. The molecular formula is C41H39N3O7S2. The molecule has 0 aliphatic heterocycles. The first-order valence-electron chi connectivity index (χ1n) is 16.8. The number of benzene rings is 4. The molecule has 0 aliphatic carbocycles. The largest absolute Gasteiger partial charge is 0.497 e. The van der Waals surface area contributed by atoms with E-state index in [0.29, 0.717) is 50.9 Å². The number of thiophene rings is 1. The maximum atomic E-state index is 13.8. The third kappa shape index (κ3) is 9.94. The van der Waals surface area contributed by atoms with Crippen molar-refractivity contribution in [2.75, 3.05) is 31.5 Å². The van der Waals surface area contributed by atoms with Gasteiger partial charge in [-0.05, 0) is 67.4 Å². The van der Waals surface area contributed by atoms with Crippen molar-refractivity contribution in [3.8, 4) is 22.6 Å². The zero-order valence-electron chi connectivity index (χ0n) is 29.6. The lowest BCUT2D eigenvalue weighted by Gasteiger charge is -2.16. The van der Waals surface area contributed by atoms with Crippen LogP contribution in [0.15, 0.2) is 119 Å². The normalized spacial score (nSPS) is 11.6. The molecule has 0 saturated heterocycles. The molecule has 5 rings (SSSR count). The summed E-state index contributed by atoms with van der Waals surface area (Å²) < 4.78 is 16.2. The van der Waals surface area contributed by atoms with E-state index in [4.69, 9.17) is 14.2 Å². The van der Waals surface area contributed by atoms with Crippen molar-refractivity contribution >= 4 is 63.6 Å². The van der Waals surface area contributed by atoms with Crippen LogP contribution in [0.2, 0.25) is 0 Å². The lowest BCUT2D eigenvalue weighted by atomic mass is 10.0. The number of carbonyl (C=O) groups excluding carboxylic acids is 4. The Morgan fingerprint density at radius 3 is 2.25 bits per heavy atom. The number of thioether (sulfide) groups is 1. The van der Waals surface area contributed by atoms with Crippen LogP contribution >= 0.6 is 23.1 Å². The second-order valence-electron chi connectivity index (χ2n) is 11.4. The first kappa shape index (κ1) is 38.4. The van der Waals surface area contributed by atoms with E-state index >= 15 is 0 Å². The highest BCUT2D eigenvalue weighted by Crippen LogP contribution is 2.37. The first-order chi connectivity index (χ1) is 25.7. The van der Waals surface area contributed by atoms with Gasteiger partial charge in [-0.3, -0.25) is 14.4 Å². The van der Waals surface area contributed by atoms with E-state index in [1.165, 1.54) is 43.4 Å². The number of amides is 3. The van der Waals surface area contributed by atoms with Crippen LogP contribution in [0.3, 0.4) is 0 Å². The summed E-state index contributed by atoms with van der Waals surface area (Å²) in [6.07, 6.45) is 2.02. The van der Waals surface area contributed by atoms with Gasteiger partial charge in [-0.15, -0.1) is 23.1 Å². The van der Waals surface area contributed by atoms with E-state index < -0.39 is 23.0 Å². The second-order valence-corrected chi connectivity index (χ2v) is 13.6. The maximum absolute atomic E-state index is 13.8. The quantitative estimate of drug-likeness (QED) is 0.0552. The molecule has 0 saturated carbocycles. The molecule has 1 atom stereocenters. The van der Waals surface area contributed by atoms with E-state index in [2.05, 4.69) is 16.0 Å². The van der Waals surface area contributed by atoms with E-state index in [9.17, 15) is 19.2 Å². The van der Waals surface area contributed by atoms with E-state index in [1.807, 2.05) is 48.7 Å². The number of rotatable bonds is 15. The Kier molecular flexibility index (Phi) is 13.5. The van der Waals surface area contributed by atoms with Gasteiger partial charge in [0.15, 0.2) is 0 Å². The molecule has 4 aromatic carbocycles. The summed E-state index contributed by atoms with van der Waals surface area (Å²) in [5, 5.41) is 10.3. The molecule has 0 spiro atoms. The van der Waals surface area contributed by atoms with Crippen molar-refractivity contribution in [2.45, 2.75) is 30.4 Å². The van der Waals surface area contributed by atoms with Gasteiger partial charge < -0.3 is 30.2 Å². The van der Waals surface area contributed by atoms with Crippen LogP contribution < -0.4 is 25.4 Å². The molecule has 5 aromatic rings. The molecule has 0 radical (unpaired) electrons. The fourth-order valence-corrected chi connectivity index (χ4v) is 7.22. The smallest absolute Gasteiger partial charge is 0.341 e. The molecule has 12 heteroatoms. The topological polar surface area (TPSA) is 132 Å². The van der Waals surface area contributed by atoms with Crippen LogP contribution in [-0.2, 0) is 14.3 Å². The number of ether oxygens (including phenoxy) is 3. The highest BCUT2D eigenvalue weighted by Gasteiger charge is 2.26. The Morgan fingerprint density at radius 1 is 0.830 bits per heavy atom. The fourth-order valence-electron chi connectivity index (χ4n) is 5.25. The SMILES string of the molecule is CCOC(=O)c1c(-c2ccccc2)csc1NC(=O)C(CC)Sc1cccc(NC(=O)/C(=C\c2ccc(OC)cc2OC)NC(=O)c2ccccc2)c1. The fraction of sp³-hybridized carbons (Fsp3) is 0.171. The van der Waals surface area contributed by atoms with E-state index in [0.717, 1.165) is 10.5 Å². The number of hydrogen-bond acceptors (Lipinski definition) is 9. The molecular weight excluding hydrogens is 711 g/mol. The van der Waals surface area contributed by atoms with Crippen LogP contribution in [0.5, 0.6) is 11.5 Å². The molecule has 53 heavy (non-hydrogen) atoms. The van der Waals surface area contributed by atoms with Gasteiger partial charge in [-0.2, -0.15) is 0 Å². The first-order valence-corrected chi connectivity index (χ1v) is 18.5. The van der Waals surface area contributed by atoms with Crippen LogP contribution in [0.25, 0.3) is 17.2 Å². The summed E-state index contributed by atoms with van der Waals surface area (Å²) in [7, 11) is 3.04. The summed E-state index contributed by atoms with van der Waals surface area (Å²) in [6, 6.07) is 30.3. The number of carbonyl (C=O) groups is 4. The minimum Gasteiger partial charge on any atom is -0.497 e. The van der Waals surface area contributed by atoms with E-state index in [1.54, 1.807) is 73.7 Å². The van der Waals surface area contributed by atoms with Crippen molar-refractivity contribution in [3.63, 3.8) is 0 Å². The van der Waals surface area contributed by atoms with Crippen molar-refractivity contribution in [2.24, 2.45) is 0 Å². The lowest BCUT2D eigenvalue weighted by molar-refractivity contribution is -0.116. The minimum atomic E-state index is -0.572. The molecule has 10 nitrogen and oxygen atoms in total. The van der Waals surface area contributed by atoms with Gasteiger partial charge in [0.2, 0.25) is 5.91 Å². The van der Waals surface area contributed by atoms with Crippen molar-refractivity contribution < 1.29 is 33.4 Å². The molecule has 3 amide bonds. The average molecular weight is 750 g/mol. The van der Waals surface area contributed by atoms with Gasteiger partial charge >= 0.3 is 5.97 Å². The second kappa shape index (κ2) is 18.6. The highest BCUT2D eigenvalue weighted by atomic mass is 32.2. The summed E-state index contributed by atoms with van der Waals surface area (Å²) in [5.74, 6) is -0.810. The number of hydrogen-bond donors (Lipinski definition) is 3. The molecule has 0 fully saturated rings. The third-order valence-electron chi connectivity index (χ3n) is 7.89. The summed E-state index contributed by atoms with van der Waals surface area (Å²) >= 11 is 2.59. The van der Waals surface area contributed by atoms with Gasteiger partial charge in [-0.1, -0.05) is 61.5 Å². The van der Waals surface area contributed by atoms with Gasteiger partial charge in [0, 0.05) is 38.7 Å². The summed E-state index contributed by atoms with van der Waals surface area (Å²) in [6.45, 7) is 3.84. The maximum Gasteiger partial charge on any atom is 0.341 e. The number of methoxy groups -OCH3 is 2. The minimum absolute atomic E-state index is 0.0191. The van der Waals surface area contributed by atoms with Crippen LogP contribution in [0, 0.1) is 0 Å². The Hall–Kier alpha value is -5.85. The summed E-state index contributed by atoms with van der Waals surface area (Å²) in [4.78, 5) is 54.4. The molecule has 0 aliphatic rings. The third-order valence-corrected chi connectivity index (χ3v) is 10.1. The van der Waals surface area contributed by atoms with Crippen LogP contribution in [-0.4, -0.2) is 49.8 Å². The van der Waals surface area contributed by atoms with Crippen molar-refractivity contribution in [3.05, 3.63) is 131 Å². The van der Waals surface area contributed by atoms with Crippen LogP contribution in [0.4, 0.5) is 10.7 Å². The molecule has 3 N–H and O–H groups in total. The average Bonchev–Trinajstić information content (AvgIpc) is 3.61. The molecule has 1 heterocycles. The Labute approximate surface area is 316 Å². The van der Waals surface area contributed by atoms with E-state index in [-0.39, 0.29) is 18.2 Å². The molecule has 1 unspecified atom stereocenters. The number of nitrogens with one attached hydrogen (secondary N) is 3. The predicted octanol–water partition coefficient (Wildman–Crippen LogP) is 8.53. The monoisotopic (exact) mass is 749 g/mol. The van der Waals surface area contributed by atoms with Crippen LogP contribution in [0.1, 0.15) is 46.5 Å². The van der Waals surface area contributed by atoms with Gasteiger partial charge in [-0.25, -0.2) is 4.79 Å². The Balaban J connectivity index is 1.35. The Morgan fingerprint density at radius 2 is 1.57 bits per heavy atom. The zero-order chi connectivity index (χ0) is 37.7. The Bertz CT molecular complexity index is 2100. The van der Waals surface area contributed by atoms with Gasteiger partial charge in [0.05, 0.1) is 26.1 Å². The predicted molar refractivity (Wildman–Crippen MR) is 211 cm³/mol. The summed E-state index contributed by atoms with van der Waals surface area (Å²) in [5.41, 5.74) is 3.20.